The summed E-state index contributed by atoms with van der Waals surface area (Å²) >= 11 is 0. The average Bonchev–Trinajstić information content (AvgIpc) is 3.05. The van der Waals surface area contributed by atoms with Crippen molar-refractivity contribution in [3.8, 4) is 0 Å². The molecular formula is C20H19F2N5O2. The van der Waals surface area contributed by atoms with E-state index < -0.39 is 23.4 Å². The molecule has 0 aliphatic rings. The lowest BCUT2D eigenvalue weighted by molar-refractivity contribution is -0.117. The summed E-state index contributed by atoms with van der Waals surface area (Å²) in [5, 5.41) is 12.8. The summed E-state index contributed by atoms with van der Waals surface area (Å²) in [7, 11) is 0. The third kappa shape index (κ3) is 4.63. The molecule has 1 aromatic heterocycles. The van der Waals surface area contributed by atoms with Crippen molar-refractivity contribution in [3.05, 3.63) is 71.1 Å². The van der Waals surface area contributed by atoms with E-state index in [2.05, 4.69) is 20.9 Å². The molecule has 29 heavy (non-hydrogen) atoms. The number of amides is 2. The van der Waals surface area contributed by atoms with Crippen LogP contribution in [0.1, 0.15) is 28.7 Å². The van der Waals surface area contributed by atoms with Crippen LogP contribution < -0.4 is 10.6 Å². The zero-order valence-electron chi connectivity index (χ0n) is 15.9. The Kier molecular flexibility index (Phi) is 5.96. The number of aromatic nitrogens is 3. The third-order valence-corrected chi connectivity index (χ3v) is 4.34. The van der Waals surface area contributed by atoms with Gasteiger partial charge in [0.05, 0.1) is 11.4 Å². The smallest absolute Gasteiger partial charge is 0.278 e. The van der Waals surface area contributed by atoms with Crippen LogP contribution in [0.15, 0.2) is 42.5 Å². The van der Waals surface area contributed by atoms with E-state index in [0.717, 1.165) is 24.1 Å². The first-order chi connectivity index (χ1) is 13.9. The van der Waals surface area contributed by atoms with Gasteiger partial charge < -0.3 is 10.6 Å². The zero-order valence-corrected chi connectivity index (χ0v) is 15.9. The summed E-state index contributed by atoms with van der Waals surface area (Å²) in [5.74, 6) is -2.66. The molecule has 0 aliphatic heterocycles. The van der Waals surface area contributed by atoms with Crippen LogP contribution >= 0.6 is 0 Å². The molecule has 0 bridgehead atoms. The fourth-order valence-corrected chi connectivity index (χ4v) is 2.77. The number of benzene rings is 2. The number of halogens is 2. The number of nitrogens with one attached hydrogen (secondary N) is 2. The molecule has 3 rings (SSSR count). The summed E-state index contributed by atoms with van der Waals surface area (Å²) in [6, 6.07) is 10.2. The summed E-state index contributed by atoms with van der Waals surface area (Å²) in [6.07, 6.45) is 0.752. The monoisotopic (exact) mass is 399 g/mol. The van der Waals surface area contributed by atoms with Crippen molar-refractivity contribution in [3.63, 3.8) is 0 Å². The normalized spacial score (nSPS) is 10.6. The Morgan fingerprint density at radius 3 is 2.55 bits per heavy atom. The van der Waals surface area contributed by atoms with Gasteiger partial charge in [-0.15, -0.1) is 5.10 Å². The molecule has 9 heteroatoms. The number of nitrogens with zero attached hydrogens (tertiary/aromatic N) is 3. The number of hydrogen-bond donors (Lipinski definition) is 2. The standard InChI is InChI=1S/C20H19F2N5O2/c1-3-13-6-4-5-7-16(13)24-20(29)19-12(2)27(26-25-19)11-18(28)23-17-9-8-14(21)10-15(17)22/h4-10H,3,11H2,1-2H3,(H,23,28)(H,24,29). The molecule has 2 aromatic carbocycles. The number of para-hydroxylation sites is 1. The van der Waals surface area contributed by atoms with Crippen LogP contribution in [0.3, 0.4) is 0 Å². The van der Waals surface area contributed by atoms with Gasteiger partial charge >= 0.3 is 0 Å². The van der Waals surface area contributed by atoms with Crippen molar-refractivity contribution in [1.82, 2.24) is 15.0 Å². The molecule has 7 nitrogen and oxygen atoms in total. The third-order valence-electron chi connectivity index (χ3n) is 4.34. The van der Waals surface area contributed by atoms with Crippen LogP contribution in [-0.2, 0) is 17.8 Å². The first-order valence-electron chi connectivity index (χ1n) is 8.93. The van der Waals surface area contributed by atoms with Crippen LogP contribution in [0.2, 0.25) is 0 Å². The van der Waals surface area contributed by atoms with Crippen LogP contribution in [-0.4, -0.2) is 26.8 Å². The zero-order chi connectivity index (χ0) is 21.0. The molecule has 0 saturated heterocycles. The highest BCUT2D eigenvalue weighted by Crippen LogP contribution is 2.18. The van der Waals surface area contributed by atoms with Gasteiger partial charge in [0.2, 0.25) is 5.91 Å². The molecule has 0 unspecified atom stereocenters. The molecule has 0 saturated carbocycles. The van der Waals surface area contributed by atoms with E-state index in [1.165, 1.54) is 4.68 Å². The van der Waals surface area contributed by atoms with Crippen molar-refractivity contribution in [2.45, 2.75) is 26.8 Å². The Morgan fingerprint density at radius 1 is 1.07 bits per heavy atom. The Bertz CT molecular complexity index is 1060. The minimum Gasteiger partial charge on any atom is -0.322 e. The molecule has 2 N–H and O–H groups in total. The van der Waals surface area contributed by atoms with Gasteiger partial charge in [0.1, 0.15) is 18.2 Å². The quantitative estimate of drug-likeness (QED) is 0.666. The van der Waals surface area contributed by atoms with E-state index in [1.807, 2.05) is 25.1 Å². The Hall–Kier alpha value is -3.62. The number of carbonyl (C=O) groups excluding carboxylic acids is 2. The number of hydrogen-bond acceptors (Lipinski definition) is 4. The fourth-order valence-electron chi connectivity index (χ4n) is 2.77. The Labute approximate surface area is 165 Å². The second kappa shape index (κ2) is 8.59. The second-order valence-electron chi connectivity index (χ2n) is 6.32. The largest absolute Gasteiger partial charge is 0.322 e. The highest BCUT2D eigenvalue weighted by molar-refractivity contribution is 6.04. The number of aryl methyl sites for hydroxylation is 1. The summed E-state index contributed by atoms with van der Waals surface area (Å²) < 4.78 is 27.9. The minimum atomic E-state index is -0.886. The summed E-state index contributed by atoms with van der Waals surface area (Å²) in [5.41, 5.74) is 1.97. The average molecular weight is 399 g/mol. The number of carbonyl (C=O) groups is 2. The maximum Gasteiger partial charge on any atom is 0.278 e. The van der Waals surface area contributed by atoms with E-state index in [0.29, 0.717) is 17.4 Å². The SMILES string of the molecule is CCc1ccccc1NC(=O)c1nnn(CC(=O)Nc2ccc(F)cc2F)c1C. The van der Waals surface area contributed by atoms with Gasteiger partial charge in [-0.2, -0.15) is 0 Å². The highest BCUT2D eigenvalue weighted by atomic mass is 19.1. The van der Waals surface area contributed by atoms with Crippen molar-refractivity contribution in [2.24, 2.45) is 0 Å². The van der Waals surface area contributed by atoms with E-state index in [1.54, 1.807) is 13.0 Å². The van der Waals surface area contributed by atoms with Crippen LogP contribution in [0.25, 0.3) is 0 Å². The lowest BCUT2D eigenvalue weighted by Gasteiger charge is -2.09. The molecule has 0 radical (unpaired) electrons. The molecule has 150 valence electrons. The maximum atomic E-state index is 13.7. The van der Waals surface area contributed by atoms with Gasteiger partial charge in [-0.25, -0.2) is 13.5 Å². The minimum absolute atomic E-state index is 0.0802. The van der Waals surface area contributed by atoms with E-state index in [9.17, 15) is 18.4 Å². The van der Waals surface area contributed by atoms with Gasteiger partial charge in [-0.3, -0.25) is 9.59 Å². The van der Waals surface area contributed by atoms with Gasteiger partial charge in [0.15, 0.2) is 5.69 Å². The molecule has 3 aromatic rings. The summed E-state index contributed by atoms with van der Waals surface area (Å²) in [6.45, 7) is 3.30. The predicted octanol–water partition coefficient (Wildman–Crippen LogP) is 3.32. The molecule has 0 atom stereocenters. The molecule has 2 amide bonds. The Balaban J connectivity index is 1.70. The number of rotatable bonds is 6. The molecule has 0 fully saturated rings. The Morgan fingerprint density at radius 2 is 1.83 bits per heavy atom. The lowest BCUT2D eigenvalue weighted by atomic mass is 10.1. The fraction of sp³-hybridized carbons (Fsp3) is 0.200. The van der Waals surface area contributed by atoms with Crippen molar-refractivity contribution >= 4 is 23.2 Å². The van der Waals surface area contributed by atoms with Crippen LogP contribution in [0.5, 0.6) is 0 Å². The first kappa shape index (κ1) is 20.1. The van der Waals surface area contributed by atoms with Crippen molar-refractivity contribution < 1.29 is 18.4 Å². The molecule has 0 spiro atoms. The van der Waals surface area contributed by atoms with E-state index >= 15 is 0 Å². The maximum absolute atomic E-state index is 13.7. The first-order valence-corrected chi connectivity index (χ1v) is 8.93. The van der Waals surface area contributed by atoms with Gasteiger partial charge in [0, 0.05) is 11.8 Å². The van der Waals surface area contributed by atoms with Gasteiger partial charge in [0.25, 0.3) is 5.91 Å². The second-order valence-corrected chi connectivity index (χ2v) is 6.32. The summed E-state index contributed by atoms with van der Waals surface area (Å²) in [4.78, 5) is 24.7. The van der Waals surface area contributed by atoms with Crippen LogP contribution in [0, 0.1) is 18.6 Å². The predicted molar refractivity (Wildman–Crippen MR) is 104 cm³/mol. The highest BCUT2D eigenvalue weighted by Gasteiger charge is 2.19. The van der Waals surface area contributed by atoms with Gasteiger partial charge in [-0.1, -0.05) is 30.3 Å². The number of anilines is 2. The molecule has 1 heterocycles. The van der Waals surface area contributed by atoms with Gasteiger partial charge in [-0.05, 0) is 37.1 Å². The van der Waals surface area contributed by atoms with E-state index in [4.69, 9.17) is 0 Å². The lowest BCUT2D eigenvalue weighted by Crippen LogP contribution is -2.21. The van der Waals surface area contributed by atoms with Crippen molar-refractivity contribution in [1.29, 1.82) is 0 Å². The topological polar surface area (TPSA) is 88.9 Å². The molecule has 0 aliphatic carbocycles. The van der Waals surface area contributed by atoms with Crippen LogP contribution in [0.4, 0.5) is 20.2 Å². The molecular weight excluding hydrogens is 380 g/mol. The van der Waals surface area contributed by atoms with E-state index in [-0.39, 0.29) is 17.9 Å². The van der Waals surface area contributed by atoms with Crippen molar-refractivity contribution in [2.75, 3.05) is 10.6 Å².